The summed E-state index contributed by atoms with van der Waals surface area (Å²) in [5.41, 5.74) is 7.01. The minimum atomic E-state index is 0.403. The minimum Gasteiger partial charge on any atom is -0.381 e. The number of hydrogen-bond acceptors (Lipinski definition) is 3. The van der Waals surface area contributed by atoms with Gasteiger partial charge in [0, 0.05) is 11.5 Å². The molecule has 0 bridgehead atoms. The lowest BCUT2D eigenvalue weighted by Gasteiger charge is -2.25. The molecule has 1 aromatic heterocycles. The van der Waals surface area contributed by atoms with Gasteiger partial charge in [0.15, 0.2) is 5.82 Å². The molecule has 1 aromatic rings. The largest absolute Gasteiger partial charge is 0.381 e. The molecule has 3 heteroatoms. The Hall–Kier alpha value is -0.990. The van der Waals surface area contributed by atoms with E-state index in [1.54, 1.807) is 0 Å². The molecule has 0 amide bonds. The Kier molecular flexibility index (Phi) is 3.22. The second-order valence-electron chi connectivity index (χ2n) is 5.46. The van der Waals surface area contributed by atoms with Crippen molar-refractivity contribution in [2.24, 2.45) is 5.92 Å². The molecule has 1 aliphatic rings. The van der Waals surface area contributed by atoms with E-state index in [0.717, 1.165) is 17.2 Å². The van der Waals surface area contributed by atoms with Crippen LogP contribution in [0.15, 0.2) is 4.52 Å². The van der Waals surface area contributed by atoms with Crippen molar-refractivity contribution in [1.29, 1.82) is 0 Å². The van der Waals surface area contributed by atoms with Gasteiger partial charge >= 0.3 is 0 Å². The summed E-state index contributed by atoms with van der Waals surface area (Å²) >= 11 is 0. The standard InChI is InChI=1S/C13H22N2O/c1-8(2)11-12(16-15-13(11)14)10-6-4-9(3)5-7-10/h8-10H,4-7H2,1-3H3,(H2,14,15). The Balaban J connectivity index is 2.20. The lowest BCUT2D eigenvalue weighted by molar-refractivity contribution is 0.286. The molecule has 90 valence electrons. The number of nitrogens with zero attached hydrogens (tertiary/aromatic N) is 1. The predicted octanol–water partition coefficient (Wildman–Crippen LogP) is 3.67. The van der Waals surface area contributed by atoms with Gasteiger partial charge < -0.3 is 10.3 Å². The average Bonchev–Trinajstić information content (AvgIpc) is 2.61. The van der Waals surface area contributed by atoms with E-state index >= 15 is 0 Å². The zero-order valence-corrected chi connectivity index (χ0v) is 10.5. The molecule has 16 heavy (non-hydrogen) atoms. The molecule has 1 aliphatic carbocycles. The smallest absolute Gasteiger partial charge is 0.170 e. The maximum atomic E-state index is 5.87. The van der Waals surface area contributed by atoms with Crippen molar-refractivity contribution in [3.8, 4) is 0 Å². The highest BCUT2D eigenvalue weighted by atomic mass is 16.5. The van der Waals surface area contributed by atoms with Crippen LogP contribution in [0.25, 0.3) is 0 Å². The van der Waals surface area contributed by atoms with Crippen molar-refractivity contribution in [1.82, 2.24) is 5.16 Å². The third-order valence-corrected chi connectivity index (χ3v) is 3.75. The van der Waals surface area contributed by atoms with Gasteiger partial charge in [0.2, 0.25) is 0 Å². The van der Waals surface area contributed by atoms with E-state index in [0.29, 0.717) is 17.7 Å². The molecule has 0 aliphatic heterocycles. The summed E-state index contributed by atoms with van der Waals surface area (Å²) in [4.78, 5) is 0. The maximum absolute atomic E-state index is 5.87. The lowest BCUT2D eigenvalue weighted by Crippen LogP contribution is -2.12. The molecular formula is C13H22N2O. The summed E-state index contributed by atoms with van der Waals surface area (Å²) in [7, 11) is 0. The second-order valence-corrected chi connectivity index (χ2v) is 5.46. The monoisotopic (exact) mass is 222 g/mol. The molecule has 0 spiro atoms. The Morgan fingerprint density at radius 3 is 2.44 bits per heavy atom. The molecule has 3 nitrogen and oxygen atoms in total. The topological polar surface area (TPSA) is 52.0 Å². The van der Waals surface area contributed by atoms with E-state index in [-0.39, 0.29) is 0 Å². The van der Waals surface area contributed by atoms with E-state index in [2.05, 4.69) is 25.9 Å². The van der Waals surface area contributed by atoms with Crippen LogP contribution in [0, 0.1) is 5.92 Å². The van der Waals surface area contributed by atoms with Crippen molar-refractivity contribution in [3.05, 3.63) is 11.3 Å². The van der Waals surface area contributed by atoms with E-state index in [4.69, 9.17) is 10.3 Å². The maximum Gasteiger partial charge on any atom is 0.170 e. The lowest BCUT2D eigenvalue weighted by atomic mass is 9.80. The summed E-state index contributed by atoms with van der Waals surface area (Å²) < 4.78 is 5.46. The van der Waals surface area contributed by atoms with Gasteiger partial charge in [0.05, 0.1) is 0 Å². The Morgan fingerprint density at radius 2 is 1.88 bits per heavy atom. The van der Waals surface area contributed by atoms with Gasteiger partial charge in [-0.1, -0.05) is 38.8 Å². The number of anilines is 1. The SMILES string of the molecule is CC1CCC(c2onc(N)c2C(C)C)CC1. The molecule has 1 heterocycles. The quantitative estimate of drug-likeness (QED) is 0.830. The van der Waals surface area contributed by atoms with Gasteiger partial charge in [0.25, 0.3) is 0 Å². The highest BCUT2D eigenvalue weighted by Gasteiger charge is 2.27. The van der Waals surface area contributed by atoms with E-state index in [1.807, 2.05) is 0 Å². The van der Waals surface area contributed by atoms with Crippen molar-refractivity contribution >= 4 is 5.82 Å². The first kappa shape index (κ1) is 11.5. The van der Waals surface area contributed by atoms with Crippen LogP contribution in [0.4, 0.5) is 5.82 Å². The Labute approximate surface area is 97.4 Å². The number of aromatic nitrogens is 1. The Morgan fingerprint density at radius 1 is 1.25 bits per heavy atom. The van der Waals surface area contributed by atoms with Crippen molar-refractivity contribution < 1.29 is 4.52 Å². The molecule has 1 fully saturated rings. The van der Waals surface area contributed by atoms with Gasteiger partial charge in [0.1, 0.15) is 5.76 Å². The number of nitrogen functional groups attached to an aromatic ring is 1. The summed E-state index contributed by atoms with van der Waals surface area (Å²) in [5, 5.41) is 3.93. The Bertz CT molecular complexity index is 349. The van der Waals surface area contributed by atoms with E-state index in [1.165, 1.54) is 25.7 Å². The first-order chi connectivity index (χ1) is 7.59. The fourth-order valence-corrected chi connectivity index (χ4v) is 2.72. The molecule has 0 aromatic carbocycles. The molecule has 0 unspecified atom stereocenters. The van der Waals surface area contributed by atoms with Gasteiger partial charge in [-0.2, -0.15) is 0 Å². The molecule has 0 radical (unpaired) electrons. The van der Waals surface area contributed by atoms with E-state index in [9.17, 15) is 0 Å². The molecule has 0 saturated heterocycles. The van der Waals surface area contributed by atoms with Crippen LogP contribution in [0.2, 0.25) is 0 Å². The second kappa shape index (κ2) is 4.48. The normalized spacial score (nSPS) is 26.2. The third kappa shape index (κ3) is 2.08. The van der Waals surface area contributed by atoms with Crippen molar-refractivity contribution in [3.63, 3.8) is 0 Å². The number of nitrogens with two attached hydrogens (primary N) is 1. The van der Waals surface area contributed by atoms with Crippen LogP contribution in [-0.4, -0.2) is 5.16 Å². The zero-order chi connectivity index (χ0) is 11.7. The first-order valence-corrected chi connectivity index (χ1v) is 6.34. The fraction of sp³-hybridized carbons (Fsp3) is 0.769. The minimum absolute atomic E-state index is 0.403. The van der Waals surface area contributed by atoms with Gasteiger partial charge in [-0.3, -0.25) is 0 Å². The van der Waals surface area contributed by atoms with Gasteiger partial charge in [-0.25, -0.2) is 0 Å². The summed E-state index contributed by atoms with van der Waals surface area (Å²) in [6, 6.07) is 0. The van der Waals surface area contributed by atoms with Crippen LogP contribution in [0.3, 0.4) is 0 Å². The van der Waals surface area contributed by atoms with Gasteiger partial charge in [-0.15, -0.1) is 0 Å². The van der Waals surface area contributed by atoms with Crippen LogP contribution >= 0.6 is 0 Å². The van der Waals surface area contributed by atoms with Crippen LogP contribution < -0.4 is 5.73 Å². The molecule has 2 N–H and O–H groups in total. The van der Waals surface area contributed by atoms with Gasteiger partial charge in [-0.05, 0) is 24.7 Å². The predicted molar refractivity (Wildman–Crippen MR) is 65.4 cm³/mol. The first-order valence-electron chi connectivity index (χ1n) is 6.34. The number of hydrogen-bond donors (Lipinski definition) is 1. The van der Waals surface area contributed by atoms with Crippen molar-refractivity contribution in [2.45, 2.75) is 58.3 Å². The third-order valence-electron chi connectivity index (χ3n) is 3.75. The molecule has 2 rings (SSSR count). The zero-order valence-electron chi connectivity index (χ0n) is 10.5. The van der Waals surface area contributed by atoms with Crippen molar-refractivity contribution in [2.75, 3.05) is 5.73 Å². The summed E-state index contributed by atoms with van der Waals surface area (Å²) in [6.45, 7) is 6.63. The van der Waals surface area contributed by atoms with Crippen LogP contribution in [-0.2, 0) is 0 Å². The average molecular weight is 222 g/mol. The summed E-state index contributed by atoms with van der Waals surface area (Å²) in [5.74, 6) is 3.45. The molecule has 0 atom stereocenters. The molecular weight excluding hydrogens is 200 g/mol. The highest BCUT2D eigenvalue weighted by molar-refractivity contribution is 5.43. The van der Waals surface area contributed by atoms with E-state index < -0.39 is 0 Å². The van der Waals surface area contributed by atoms with Crippen LogP contribution in [0.1, 0.15) is 69.6 Å². The van der Waals surface area contributed by atoms with Crippen LogP contribution in [0.5, 0.6) is 0 Å². The summed E-state index contributed by atoms with van der Waals surface area (Å²) in [6.07, 6.45) is 5.02. The fourth-order valence-electron chi connectivity index (χ4n) is 2.72. The number of rotatable bonds is 2. The molecule has 1 saturated carbocycles. The highest BCUT2D eigenvalue weighted by Crippen LogP contribution is 2.40.